The Hall–Kier alpha value is -0.130. The van der Waals surface area contributed by atoms with E-state index in [-0.39, 0.29) is 12.4 Å². The van der Waals surface area contributed by atoms with Gasteiger partial charge in [-0.05, 0) is 19.3 Å². The molecule has 4 nitrogen and oxygen atoms in total. The lowest BCUT2D eigenvalue weighted by molar-refractivity contribution is 0.186. The molecule has 10 heavy (non-hydrogen) atoms. The normalized spacial score (nSPS) is 11.8. The van der Waals surface area contributed by atoms with Crippen molar-refractivity contribution in [3.05, 3.63) is 0 Å². The van der Waals surface area contributed by atoms with Gasteiger partial charge in [0.15, 0.2) is 0 Å². The smallest absolute Gasteiger partial charge is 0.264 e. The highest BCUT2D eigenvalue weighted by Crippen LogP contribution is 1.96. The van der Waals surface area contributed by atoms with E-state index in [1.165, 1.54) is 0 Å². The van der Waals surface area contributed by atoms with E-state index in [0.717, 1.165) is 0 Å². The standard InChI is InChI=1S/C5H11O4S/c6-4-2-1-3-5-10(7,8)9/h1-5H2,(H,7,8,9). The van der Waals surface area contributed by atoms with Crippen molar-refractivity contribution in [2.75, 3.05) is 12.4 Å². The van der Waals surface area contributed by atoms with Crippen molar-refractivity contribution in [2.45, 2.75) is 19.3 Å². The van der Waals surface area contributed by atoms with Gasteiger partial charge in [-0.3, -0.25) is 4.55 Å². The first-order valence-corrected chi connectivity index (χ1v) is 4.70. The fraction of sp³-hybridized carbons (Fsp3) is 1.00. The van der Waals surface area contributed by atoms with Crippen LogP contribution in [0.25, 0.3) is 0 Å². The lowest BCUT2D eigenvalue weighted by Gasteiger charge is -1.94. The largest absolute Gasteiger partial charge is 0.286 e. The molecule has 0 aromatic carbocycles. The van der Waals surface area contributed by atoms with E-state index in [4.69, 9.17) is 4.55 Å². The molecule has 0 fully saturated rings. The first-order valence-electron chi connectivity index (χ1n) is 3.09. The van der Waals surface area contributed by atoms with Crippen molar-refractivity contribution < 1.29 is 18.1 Å². The molecule has 0 heterocycles. The monoisotopic (exact) mass is 167 g/mol. The summed E-state index contributed by atoms with van der Waals surface area (Å²) in [5, 5.41) is 9.84. The van der Waals surface area contributed by atoms with Crippen LogP contribution in [0.5, 0.6) is 0 Å². The van der Waals surface area contributed by atoms with Crippen molar-refractivity contribution in [3.8, 4) is 0 Å². The van der Waals surface area contributed by atoms with Crippen molar-refractivity contribution in [3.63, 3.8) is 0 Å². The Labute approximate surface area is 60.6 Å². The zero-order valence-corrected chi connectivity index (χ0v) is 6.43. The van der Waals surface area contributed by atoms with E-state index < -0.39 is 10.1 Å². The van der Waals surface area contributed by atoms with E-state index in [2.05, 4.69) is 0 Å². The average Bonchev–Trinajstić information content (AvgIpc) is 1.78. The molecule has 0 aliphatic rings. The Morgan fingerprint density at radius 2 is 1.70 bits per heavy atom. The molecule has 0 spiro atoms. The number of rotatable bonds is 5. The van der Waals surface area contributed by atoms with Gasteiger partial charge < -0.3 is 0 Å². The van der Waals surface area contributed by atoms with Crippen LogP contribution >= 0.6 is 0 Å². The SMILES string of the molecule is [O]CCCCCS(=O)(=O)O. The summed E-state index contributed by atoms with van der Waals surface area (Å²) < 4.78 is 28.4. The summed E-state index contributed by atoms with van der Waals surface area (Å²) >= 11 is 0. The molecular weight excluding hydrogens is 156 g/mol. The van der Waals surface area contributed by atoms with Crippen LogP contribution in [0.3, 0.4) is 0 Å². The summed E-state index contributed by atoms with van der Waals surface area (Å²) in [4.78, 5) is 0. The number of hydrogen-bond acceptors (Lipinski definition) is 2. The molecule has 0 aromatic heterocycles. The Kier molecular flexibility index (Phi) is 4.59. The second-order valence-electron chi connectivity index (χ2n) is 2.05. The van der Waals surface area contributed by atoms with Gasteiger partial charge in [0.05, 0.1) is 12.4 Å². The maximum Gasteiger partial charge on any atom is 0.264 e. The molecule has 5 heteroatoms. The van der Waals surface area contributed by atoms with Crippen LogP contribution in [0.4, 0.5) is 0 Å². The van der Waals surface area contributed by atoms with Crippen molar-refractivity contribution in [1.29, 1.82) is 0 Å². The van der Waals surface area contributed by atoms with Crippen molar-refractivity contribution >= 4 is 10.1 Å². The molecule has 0 atom stereocenters. The third-order valence-electron chi connectivity index (χ3n) is 1.05. The summed E-state index contributed by atoms with van der Waals surface area (Å²) in [6.45, 7) is -0.175. The van der Waals surface area contributed by atoms with Gasteiger partial charge in [-0.25, -0.2) is 5.11 Å². The van der Waals surface area contributed by atoms with Gasteiger partial charge in [0.2, 0.25) is 0 Å². The van der Waals surface area contributed by atoms with E-state index in [1.807, 2.05) is 0 Å². The minimum Gasteiger partial charge on any atom is -0.286 e. The van der Waals surface area contributed by atoms with Gasteiger partial charge >= 0.3 is 0 Å². The Morgan fingerprint density at radius 3 is 2.10 bits per heavy atom. The lowest BCUT2D eigenvalue weighted by atomic mass is 10.3. The average molecular weight is 167 g/mol. The molecule has 0 saturated heterocycles. The van der Waals surface area contributed by atoms with Crippen LogP contribution in [0.1, 0.15) is 19.3 Å². The summed E-state index contributed by atoms with van der Waals surface area (Å²) in [6.07, 6.45) is 1.43. The summed E-state index contributed by atoms with van der Waals surface area (Å²) in [7, 11) is -3.81. The maximum atomic E-state index is 10.1. The van der Waals surface area contributed by atoms with Crippen LogP contribution < -0.4 is 0 Å². The van der Waals surface area contributed by atoms with Gasteiger partial charge in [0, 0.05) is 0 Å². The Morgan fingerprint density at radius 1 is 1.10 bits per heavy atom. The highest BCUT2D eigenvalue weighted by atomic mass is 32.2. The Balaban J connectivity index is 3.21. The van der Waals surface area contributed by atoms with Gasteiger partial charge in [-0.15, -0.1) is 0 Å². The zero-order chi connectivity index (χ0) is 8.04. The summed E-state index contributed by atoms with van der Waals surface area (Å²) in [5.74, 6) is -0.229. The molecule has 0 aliphatic heterocycles. The van der Waals surface area contributed by atoms with Crippen LogP contribution in [0.15, 0.2) is 0 Å². The van der Waals surface area contributed by atoms with Crippen molar-refractivity contribution in [2.24, 2.45) is 0 Å². The minimum atomic E-state index is -3.81. The number of hydrogen-bond donors (Lipinski definition) is 1. The topological polar surface area (TPSA) is 74.3 Å². The molecule has 61 valence electrons. The molecule has 0 amide bonds. The van der Waals surface area contributed by atoms with Gasteiger partial charge in [-0.1, -0.05) is 0 Å². The van der Waals surface area contributed by atoms with Crippen molar-refractivity contribution in [1.82, 2.24) is 0 Å². The van der Waals surface area contributed by atoms with E-state index in [1.54, 1.807) is 0 Å². The van der Waals surface area contributed by atoms with Gasteiger partial charge in [0.25, 0.3) is 10.1 Å². The van der Waals surface area contributed by atoms with E-state index in [0.29, 0.717) is 19.3 Å². The highest BCUT2D eigenvalue weighted by molar-refractivity contribution is 7.85. The van der Waals surface area contributed by atoms with Crippen LogP contribution in [-0.4, -0.2) is 25.3 Å². The number of unbranched alkanes of at least 4 members (excludes halogenated alkanes) is 2. The molecule has 0 aliphatic carbocycles. The van der Waals surface area contributed by atoms with E-state index >= 15 is 0 Å². The van der Waals surface area contributed by atoms with E-state index in [9.17, 15) is 13.5 Å². The van der Waals surface area contributed by atoms with Gasteiger partial charge in [0.1, 0.15) is 0 Å². The molecule has 0 rings (SSSR count). The highest BCUT2D eigenvalue weighted by Gasteiger charge is 2.02. The molecule has 0 aromatic rings. The first-order chi connectivity index (χ1) is 4.56. The molecule has 1 radical (unpaired) electrons. The zero-order valence-electron chi connectivity index (χ0n) is 5.62. The molecular formula is C5H11O4S. The molecule has 0 saturated carbocycles. The van der Waals surface area contributed by atoms with Crippen LogP contribution in [0.2, 0.25) is 0 Å². The third kappa shape index (κ3) is 7.87. The van der Waals surface area contributed by atoms with Crippen LogP contribution in [0, 0.1) is 0 Å². The predicted octanol–water partition coefficient (Wildman–Crippen LogP) is 0.475. The fourth-order valence-corrected chi connectivity index (χ4v) is 1.13. The van der Waals surface area contributed by atoms with Crippen LogP contribution in [-0.2, 0) is 15.2 Å². The quantitative estimate of drug-likeness (QED) is 0.478. The molecule has 0 bridgehead atoms. The second kappa shape index (κ2) is 4.65. The van der Waals surface area contributed by atoms with Gasteiger partial charge in [-0.2, -0.15) is 8.42 Å². The summed E-state index contributed by atoms with van der Waals surface area (Å²) in [5.41, 5.74) is 0. The predicted molar refractivity (Wildman–Crippen MR) is 35.8 cm³/mol. The lowest BCUT2D eigenvalue weighted by Crippen LogP contribution is -2.03. The first kappa shape index (κ1) is 9.87. The Bertz CT molecular complexity index is 160. The minimum absolute atomic E-state index is 0.175. The fourth-order valence-electron chi connectivity index (χ4n) is 0.563. The second-order valence-corrected chi connectivity index (χ2v) is 3.62. The molecule has 1 N–H and O–H groups in total. The molecule has 0 unspecified atom stereocenters. The summed E-state index contributed by atoms with van der Waals surface area (Å²) in [6, 6.07) is 0. The maximum absolute atomic E-state index is 10.1. The third-order valence-corrected chi connectivity index (χ3v) is 1.85.